The fraction of sp³-hybridized carbons (Fsp3) is 0.500. The molecule has 92 valence electrons. The molecule has 2 nitrogen and oxygen atoms in total. The topological polar surface area (TPSA) is 20.3 Å². The van der Waals surface area contributed by atoms with Gasteiger partial charge in [-0.3, -0.25) is 4.79 Å². The number of benzene rings is 1. The average Bonchev–Trinajstić information content (AvgIpc) is 2.77. The van der Waals surface area contributed by atoms with Gasteiger partial charge in [0, 0.05) is 22.6 Å². The summed E-state index contributed by atoms with van der Waals surface area (Å²) in [6.07, 6.45) is 2.26. The first-order chi connectivity index (χ1) is 8.09. The predicted molar refractivity (Wildman–Crippen MR) is 73.0 cm³/mol. The zero-order chi connectivity index (χ0) is 12.4. The van der Waals surface area contributed by atoms with Crippen LogP contribution in [0.15, 0.2) is 28.7 Å². The maximum Gasteiger partial charge on any atom is 0.254 e. The molecule has 0 spiro atoms. The highest BCUT2D eigenvalue weighted by Gasteiger charge is 2.31. The number of carbonyl (C=O) groups is 1. The summed E-state index contributed by atoms with van der Waals surface area (Å²) in [4.78, 5) is 14.5. The van der Waals surface area contributed by atoms with E-state index >= 15 is 0 Å². The van der Waals surface area contributed by atoms with Gasteiger partial charge in [0.15, 0.2) is 0 Å². The molecule has 1 unspecified atom stereocenters. The highest BCUT2D eigenvalue weighted by molar-refractivity contribution is 9.10. The maximum atomic E-state index is 12.4. The van der Waals surface area contributed by atoms with E-state index in [1.54, 1.807) is 0 Å². The molecule has 1 aromatic carbocycles. The molecule has 0 saturated carbocycles. The van der Waals surface area contributed by atoms with Crippen LogP contribution in [0.5, 0.6) is 0 Å². The number of halogens is 1. The summed E-state index contributed by atoms with van der Waals surface area (Å²) < 4.78 is 0.962. The first-order valence-corrected chi connectivity index (χ1v) is 6.95. The highest BCUT2D eigenvalue weighted by Crippen LogP contribution is 2.26. The third-order valence-electron chi connectivity index (χ3n) is 3.40. The third-order valence-corrected chi connectivity index (χ3v) is 3.89. The molecule has 1 amide bonds. The summed E-state index contributed by atoms with van der Waals surface area (Å²) in [5.74, 6) is 0.705. The molecule has 1 aliphatic rings. The van der Waals surface area contributed by atoms with Crippen molar-refractivity contribution in [3.05, 3.63) is 34.3 Å². The molecule has 0 aliphatic carbocycles. The van der Waals surface area contributed by atoms with Crippen LogP contribution in [0.4, 0.5) is 0 Å². The summed E-state index contributed by atoms with van der Waals surface area (Å²) in [6.45, 7) is 5.28. The Labute approximate surface area is 111 Å². The Kier molecular flexibility index (Phi) is 3.87. The Morgan fingerprint density at radius 3 is 2.88 bits per heavy atom. The van der Waals surface area contributed by atoms with Crippen LogP contribution >= 0.6 is 15.9 Å². The van der Waals surface area contributed by atoms with Crippen LogP contribution in [0.2, 0.25) is 0 Å². The average molecular weight is 296 g/mol. The molecule has 0 bridgehead atoms. The Hall–Kier alpha value is -0.830. The summed E-state index contributed by atoms with van der Waals surface area (Å²) in [5, 5.41) is 0. The van der Waals surface area contributed by atoms with Gasteiger partial charge in [0.2, 0.25) is 0 Å². The van der Waals surface area contributed by atoms with Crippen molar-refractivity contribution in [3.63, 3.8) is 0 Å². The lowest BCUT2D eigenvalue weighted by Gasteiger charge is -2.27. The molecule has 1 saturated heterocycles. The van der Waals surface area contributed by atoms with E-state index in [0.717, 1.165) is 29.4 Å². The second kappa shape index (κ2) is 5.21. The number of carbonyl (C=O) groups excluding carboxylic acids is 1. The Morgan fingerprint density at radius 1 is 1.47 bits per heavy atom. The van der Waals surface area contributed by atoms with Crippen molar-refractivity contribution in [2.45, 2.75) is 32.7 Å². The minimum Gasteiger partial charge on any atom is -0.335 e. The van der Waals surface area contributed by atoms with Gasteiger partial charge in [0.25, 0.3) is 5.91 Å². The van der Waals surface area contributed by atoms with Crippen molar-refractivity contribution in [1.29, 1.82) is 0 Å². The molecule has 0 radical (unpaired) electrons. The lowest BCUT2D eigenvalue weighted by Crippen LogP contribution is -2.38. The van der Waals surface area contributed by atoms with Gasteiger partial charge in [-0.05, 0) is 37.0 Å². The molecular formula is C14H18BrNO. The van der Waals surface area contributed by atoms with Crippen molar-refractivity contribution in [2.75, 3.05) is 6.54 Å². The molecule has 0 N–H and O–H groups in total. The van der Waals surface area contributed by atoms with Crippen LogP contribution in [0.1, 0.15) is 37.0 Å². The molecule has 0 aromatic heterocycles. The lowest BCUT2D eigenvalue weighted by molar-refractivity contribution is 0.0701. The predicted octanol–water partition coefficient (Wildman–Crippen LogP) is 3.71. The lowest BCUT2D eigenvalue weighted by atomic mass is 10.0. The minimum absolute atomic E-state index is 0.169. The van der Waals surface area contributed by atoms with E-state index in [2.05, 4.69) is 29.8 Å². The molecule has 1 aromatic rings. The molecule has 3 heteroatoms. The smallest absolute Gasteiger partial charge is 0.254 e. The number of hydrogen-bond acceptors (Lipinski definition) is 1. The van der Waals surface area contributed by atoms with E-state index in [4.69, 9.17) is 0 Å². The number of rotatable bonds is 2. The number of hydrogen-bond donors (Lipinski definition) is 0. The minimum atomic E-state index is 0.169. The van der Waals surface area contributed by atoms with Gasteiger partial charge in [0.1, 0.15) is 0 Å². The van der Waals surface area contributed by atoms with Gasteiger partial charge in [-0.25, -0.2) is 0 Å². The highest BCUT2D eigenvalue weighted by atomic mass is 79.9. The van der Waals surface area contributed by atoms with Crippen molar-refractivity contribution in [3.8, 4) is 0 Å². The molecule has 1 aliphatic heterocycles. The van der Waals surface area contributed by atoms with Crippen molar-refractivity contribution in [2.24, 2.45) is 5.92 Å². The summed E-state index contributed by atoms with van der Waals surface area (Å²) in [5.41, 5.74) is 0.784. The molecule has 1 fully saturated rings. The standard InChI is InChI=1S/C14H18BrNO/c1-10(2)13-7-4-8-16(13)14(17)11-5-3-6-12(15)9-11/h3,5-6,9-10,13H,4,7-8H2,1-2H3. The van der Waals surface area contributed by atoms with Gasteiger partial charge in [0.05, 0.1) is 0 Å². The van der Waals surface area contributed by atoms with Gasteiger partial charge in [-0.1, -0.05) is 35.8 Å². The van der Waals surface area contributed by atoms with Crippen LogP contribution in [0.25, 0.3) is 0 Å². The van der Waals surface area contributed by atoms with Crippen LogP contribution in [-0.4, -0.2) is 23.4 Å². The van der Waals surface area contributed by atoms with E-state index in [1.165, 1.54) is 0 Å². The fourth-order valence-electron chi connectivity index (χ4n) is 2.53. The summed E-state index contributed by atoms with van der Waals surface area (Å²) in [7, 11) is 0. The number of nitrogens with zero attached hydrogens (tertiary/aromatic N) is 1. The normalized spacial score (nSPS) is 20.0. The summed E-state index contributed by atoms with van der Waals surface area (Å²) >= 11 is 3.41. The molecule has 1 heterocycles. The second-order valence-electron chi connectivity index (χ2n) is 4.96. The second-order valence-corrected chi connectivity index (χ2v) is 5.88. The Balaban J connectivity index is 2.20. The largest absolute Gasteiger partial charge is 0.335 e. The molecule has 2 rings (SSSR count). The number of amides is 1. The van der Waals surface area contributed by atoms with E-state index in [1.807, 2.05) is 29.2 Å². The third kappa shape index (κ3) is 2.71. The van der Waals surface area contributed by atoms with Gasteiger partial charge in [-0.2, -0.15) is 0 Å². The van der Waals surface area contributed by atoms with Crippen LogP contribution in [0.3, 0.4) is 0 Å². The van der Waals surface area contributed by atoms with Crippen LogP contribution < -0.4 is 0 Å². The molecule has 17 heavy (non-hydrogen) atoms. The van der Waals surface area contributed by atoms with E-state index in [0.29, 0.717) is 12.0 Å². The van der Waals surface area contributed by atoms with Gasteiger partial charge < -0.3 is 4.90 Å². The van der Waals surface area contributed by atoms with E-state index in [9.17, 15) is 4.79 Å². The van der Waals surface area contributed by atoms with E-state index in [-0.39, 0.29) is 5.91 Å². The van der Waals surface area contributed by atoms with Crippen LogP contribution in [-0.2, 0) is 0 Å². The first-order valence-electron chi connectivity index (χ1n) is 6.16. The van der Waals surface area contributed by atoms with Crippen molar-refractivity contribution in [1.82, 2.24) is 4.90 Å². The van der Waals surface area contributed by atoms with E-state index < -0.39 is 0 Å². The van der Waals surface area contributed by atoms with Crippen molar-refractivity contribution >= 4 is 21.8 Å². The zero-order valence-electron chi connectivity index (χ0n) is 10.3. The SMILES string of the molecule is CC(C)C1CCCN1C(=O)c1cccc(Br)c1. The quantitative estimate of drug-likeness (QED) is 0.814. The monoisotopic (exact) mass is 295 g/mol. The van der Waals surface area contributed by atoms with Crippen molar-refractivity contribution < 1.29 is 4.79 Å². The van der Waals surface area contributed by atoms with Crippen LogP contribution in [0, 0.1) is 5.92 Å². The zero-order valence-corrected chi connectivity index (χ0v) is 11.9. The van der Waals surface area contributed by atoms with Gasteiger partial charge >= 0.3 is 0 Å². The van der Waals surface area contributed by atoms with Gasteiger partial charge in [-0.15, -0.1) is 0 Å². The fourth-order valence-corrected chi connectivity index (χ4v) is 2.92. The molecule has 1 atom stereocenters. The summed E-state index contributed by atoms with van der Waals surface area (Å²) in [6, 6.07) is 8.06. The maximum absolute atomic E-state index is 12.4. The number of likely N-dealkylation sites (tertiary alicyclic amines) is 1. The Morgan fingerprint density at radius 2 is 2.24 bits per heavy atom. The Bertz CT molecular complexity index is 416. The molecular weight excluding hydrogens is 278 g/mol. The first kappa shape index (κ1) is 12.6.